The normalized spacial score (nSPS) is 13.4. The first-order chi connectivity index (χ1) is 15.3. The van der Waals surface area contributed by atoms with Gasteiger partial charge in [0.25, 0.3) is 0 Å². The number of hydrogen-bond donors (Lipinski definition) is 1. The lowest BCUT2D eigenvalue weighted by atomic mass is 10.1. The number of aryl methyl sites for hydroxylation is 1. The van der Waals surface area contributed by atoms with E-state index in [1.165, 1.54) is 11.3 Å². The Morgan fingerprint density at radius 2 is 2.03 bits per heavy atom. The van der Waals surface area contributed by atoms with Crippen molar-refractivity contribution in [3.8, 4) is 5.13 Å². The van der Waals surface area contributed by atoms with Crippen LogP contribution in [0.25, 0.3) is 5.13 Å². The largest absolute Gasteiger partial charge is 0.454 e. The van der Waals surface area contributed by atoms with Crippen LogP contribution in [0.15, 0.2) is 41.9 Å². The second-order valence-corrected chi connectivity index (χ2v) is 8.15. The molecule has 32 heavy (non-hydrogen) atoms. The van der Waals surface area contributed by atoms with Gasteiger partial charge in [0, 0.05) is 28.5 Å². The van der Waals surface area contributed by atoms with Gasteiger partial charge in [0.15, 0.2) is 11.7 Å². The molecule has 4 rings (SSSR count). The maximum absolute atomic E-state index is 12.7. The minimum Gasteiger partial charge on any atom is -0.454 e. The van der Waals surface area contributed by atoms with Gasteiger partial charge in [-0.15, -0.1) is 11.3 Å². The van der Waals surface area contributed by atoms with E-state index in [1.54, 1.807) is 36.5 Å². The summed E-state index contributed by atoms with van der Waals surface area (Å²) < 4.78 is 7.12. The molecule has 10 heteroatoms. The van der Waals surface area contributed by atoms with Crippen molar-refractivity contribution in [1.29, 1.82) is 0 Å². The van der Waals surface area contributed by atoms with E-state index in [0.29, 0.717) is 11.1 Å². The molecule has 1 aromatic carbocycles. The van der Waals surface area contributed by atoms with Gasteiger partial charge in [0.1, 0.15) is 0 Å². The number of urea groups is 1. The molecule has 0 radical (unpaired) electrons. The van der Waals surface area contributed by atoms with Crippen LogP contribution in [0.3, 0.4) is 0 Å². The number of ether oxygens (including phenoxy) is 1. The van der Waals surface area contributed by atoms with E-state index in [-0.39, 0.29) is 30.3 Å². The van der Waals surface area contributed by atoms with Crippen LogP contribution in [-0.2, 0) is 16.1 Å². The summed E-state index contributed by atoms with van der Waals surface area (Å²) in [4.78, 5) is 54.0. The molecule has 9 nitrogen and oxygen atoms in total. The molecule has 1 fully saturated rings. The summed E-state index contributed by atoms with van der Waals surface area (Å²) in [6, 6.07) is 7.72. The molecule has 3 amide bonds. The van der Waals surface area contributed by atoms with Crippen LogP contribution < -0.4 is 5.32 Å². The SMILES string of the molecule is Cc1cc(C(=O)COC(=O)c2cccc(CN3C(=O)CNC3=O)c2)c(C)n1-c1nccs1. The Balaban J connectivity index is 1.42. The first-order valence-electron chi connectivity index (χ1n) is 9.81. The molecule has 0 saturated carbocycles. The van der Waals surface area contributed by atoms with Gasteiger partial charge < -0.3 is 10.1 Å². The molecule has 0 bridgehead atoms. The summed E-state index contributed by atoms with van der Waals surface area (Å²) in [5, 5.41) is 5.07. The average molecular weight is 452 g/mol. The lowest BCUT2D eigenvalue weighted by Crippen LogP contribution is -2.30. The number of hydrogen-bond acceptors (Lipinski definition) is 7. The molecule has 164 valence electrons. The van der Waals surface area contributed by atoms with Crippen LogP contribution in [0, 0.1) is 13.8 Å². The Labute approximate surface area is 187 Å². The quantitative estimate of drug-likeness (QED) is 0.335. The van der Waals surface area contributed by atoms with Gasteiger partial charge in [0.05, 0.1) is 18.7 Å². The van der Waals surface area contributed by atoms with Crippen molar-refractivity contribution in [2.45, 2.75) is 20.4 Å². The summed E-state index contributed by atoms with van der Waals surface area (Å²) in [7, 11) is 0. The van der Waals surface area contributed by atoms with E-state index < -0.39 is 18.6 Å². The molecule has 0 atom stereocenters. The second kappa shape index (κ2) is 8.75. The van der Waals surface area contributed by atoms with Gasteiger partial charge in [-0.25, -0.2) is 14.6 Å². The number of imide groups is 1. The fourth-order valence-corrected chi connectivity index (χ4v) is 4.30. The molecule has 0 unspecified atom stereocenters. The third-order valence-corrected chi connectivity index (χ3v) is 5.87. The number of aromatic nitrogens is 2. The zero-order valence-electron chi connectivity index (χ0n) is 17.5. The van der Waals surface area contributed by atoms with E-state index in [2.05, 4.69) is 10.3 Å². The third-order valence-electron chi connectivity index (χ3n) is 5.12. The van der Waals surface area contributed by atoms with E-state index in [1.807, 2.05) is 23.8 Å². The first-order valence-corrected chi connectivity index (χ1v) is 10.7. The van der Waals surface area contributed by atoms with Crippen LogP contribution in [0.5, 0.6) is 0 Å². The third kappa shape index (κ3) is 4.17. The Bertz CT molecular complexity index is 1200. The summed E-state index contributed by atoms with van der Waals surface area (Å²) in [5.41, 5.74) is 2.89. The number of ketones is 1. The Morgan fingerprint density at radius 3 is 2.72 bits per heavy atom. The summed E-state index contributed by atoms with van der Waals surface area (Å²) >= 11 is 1.46. The van der Waals surface area contributed by atoms with E-state index >= 15 is 0 Å². The Kier molecular flexibility index (Phi) is 5.87. The van der Waals surface area contributed by atoms with E-state index in [4.69, 9.17) is 4.74 Å². The van der Waals surface area contributed by atoms with E-state index in [0.717, 1.165) is 21.4 Å². The zero-order chi connectivity index (χ0) is 22.8. The van der Waals surface area contributed by atoms with Crippen molar-refractivity contribution in [3.63, 3.8) is 0 Å². The summed E-state index contributed by atoms with van der Waals surface area (Å²) in [6.45, 7) is 3.31. The van der Waals surface area contributed by atoms with Crippen LogP contribution in [0.1, 0.15) is 37.7 Å². The molecule has 0 spiro atoms. The lowest BCUT2D eigenvalue weighted by molar-refractivity contribution is -0.125. The minimum atomic E-state index is -0.661. The van der Waals surface area contributed by atoms with Gasteiger partial charge in [-0.05, 0) is 37.6 Å². The van der Waals surface area contributed by atoms with Crippen LogP contribution in [0.4, 0.5) is 4.79 Å². The average Bonchev–Trinajstić information content (AvgIpc) is 3.48. The number of amides is 3. The topological polar surface area (TPSA) is 111 Å². The van der Waals surface area contributed by atoms with Gasteiger partial charge in [-0.1, -0.05) is 12.1 Å². The minimum absolute atomic E-state index is 0.0359. The van der Waals surface area contributed by atoms with Gasteiger partial charge in [-0.3, -0.25) is 19.1 Å². The number of thiazole rings is 1. The Morgan fingerprint density at radius 1 is 1.22 bits per heavy atom. The van der Waals surface area contributed by atoms with Crippen molar-refractivity contribution < 1.29 is 23.9 Å². The molecule has 1 N–H and O–H groups in total. The van der Waals surface area contributed by atoms with Crippen LogP contribution >= 0.6 is 11.3 Å². The molecule has 1 saturated heterocycles. The molecule has 2 aromatic heterocycles. The number of rotatable bonds is 7. The van der Waals surface area contributed by atoms with Crippen molar-refractivity contribution in [2.24, 2.45) is 0 Å². The highest BCUT2D eigenvalue weighted by atomic mass is 32.1. The number of esters is 1. The monoisotopic (exact) mass is 452 g/mol. The fourth-order valence-electron chi connectivity index (χ4n) is 3.55. The lowest BCUT2D eigenvalue weighted by Gasteiger charge is -2.13. The van der Waals surface area contributed by atoms with Crippen molar-refractivity contribution in [3.05, 3.63) is 70.0 Å². The van der Waals surface area contributed by atoms with Crippen LogP contribution in [-0.4, -0.2) is 51.3 Å². The highest BCUT2D eigenvalue weighted by molar-refractivity contribution is 7.12. The predicted octanol–water partition coefficient (Wildman–Crippen LogP) is 2.64. The number of benzene rings is 1. The van der Waals surface area contributed by atoms with Gasteiger partial charge in [0.2, 0.25) is 11.7 Å². The molecule has 3 aromatic rings. The van der Waals surface area contributed by atoms with Crippen molar-refractivity contribution >= 4 is 35.0 Å². The van der Waals surface area contributed by atoms with Gasteiger partial charge in [-0.2, -0.15) is 0 Å². The number of nitrogens with one attached hydrogen (secondary N) is 1. The van der Waals surface area contributed by atoms with Crippen molar-refractivity contribution in [1.82, 2.24) is 19.8 Å². The fraction of sp³-hybridized carbons (Fsp3) is 0.227. The molecule has 0 aliphatic carbocycles. The second-order valence-electron chi connectivity index (χ2n) is 7.27. The van der Waals surface area contributed by atoms with Crippen LogP contribution in [0.2, 0.25) is 0 Å². The first kappa shape index (κ1) is 21.4. The molecule has 1 aliphatic rings. The Hall–Kier alpha value is -3.79. The molecular weight excluding hydrogens is 432 g/mol. The number of Topliss-reactive ketones (excluding diaryl/α,β-unsaturated/α-hetero) is 1. The molecule has 1 aliphatic heterocycles. The van der Waals surface area contributed by atoms with Crippen molar-refractivity contribution in [2.75, 3.05) is 13.2 Å². The highest BCUT2D eigenvalue weighted by Crippen LogP contribution is 2.23. The number of nitrogens with zero attached hydrogens (tertiary/aromatic N) is 3. The highest BCUT2D eigenvalue weighted by Gasteiger charge is 2.28. The predicted molar refractivity (Wildman–Crippen MR) is 116 cm³/mol. The molecule has 3 heterocycles. The maximum Gasteiger partial charge on any atom is 0.338 e. The van der Waals surface area contributed by atoms with Gasteiger partial charge >= 0.3 is 12.0 Å². The smallest absolute Gasteiger partial charge is 0.338 e. The summed E-state index contributed by atoms with van der Waals surface area (Å²) in [6.07, 6.45) is 1.70. The summed E-state index contributed by atoms with van der Waals surface area (Å²) in [5.74, 6) is -1.31. The van der Waals surface area contributed by atoms with E-state index in [9.17, 15) is 19.2 Å². The maximum atomic E-state index is 12.7. The standard InChI is InChI=1S/C22H20N4O5S/c1-13-8-17(14(2)26(13)22-23-6-7-32-22)18(27)12-31-20(29)16-5-3-4-15(9-16)11-25-19(28)10-24-21(25)30/h3-9H,10-12H2,1-2H3,(H,24,30). The molecular formula is C22H20N4O5S. The zero-order valence-corrected chi connectivity index (χ0v) is 18.3. The number of carbonyl (C=O) groups is 4. The number of carbonyl (C=O) groups excluding carboxylic acids is 4.